The molecular weight excluding hydrogens is 281 g/mol. The number of pyridine rings is 1. The minimum atomic E-state index is -5.21. The molecule has 10 heteroatoms. The molecule has 0 atom stereocenters. The highest BCUT2D eigenvalue weighted by Gasteiger charge is 2.38. The van der Waals surface area contributed by atoms with Gasteiger partial charge in [0.05, 0.1) is 5.56 Å². The maximum Gasteiger partial charge on any atom is 0.573 e. The van der Waals surface area contributed by atoms with Crippen molar-refractivity contribution in [3.05, 3.63) is 27.4 Å². The van der Waals surface area contributed by atoms with Crippen LogP contribution in [0.4, 0.5) is 19.0 Å². The highest BCUT2D eigenvalue weighted by Crippen LogP contribution is 2.36. The Morgan fingerprint density at radius 1 is 1.56 bits per heavy atom. The van der Waals surface area contributed by atoms with Crippen molar-refractivity contribution >= 4 is 22.7 Å². The lowest BCUT2D eigenvalue weighted by molar-refractivity contribution is -0.393. The lowest BCUT2D eigenvalue weighted by atomic mass is 10.1. The minimum Gasteiger partial charge on any atom is -0.396 e. The largest absolute Gasteiger partial charge is 0.573 e. The summed E-state index contributed by atoms with van der Waals surface area (Å²) in [4.78, 5) is 23.5. The van der Waals surface area contributed by atoms with Crippen molar-refractivity contribution < 1.29 is 27.6 Å². The molecule has 0 unspecified atom stereocenters. The first-order valence-electron chi connectivity index (χ1n) is 4.23. The van der Waals surface area contributed by atoms with E-state index in [0.29, 0.717) is 0 Å². The van der Waals surface area contributed by atoms with Crippen molar-refractivity contribution in [1.29, 1.82) is 0 Å². The van der Waals surface area contributed by atoms with Gasteiger partial charge < -0.3 is 14.9 Å². The van der Waals surface area contributed by atoms with E-state index in [1.807, 2.05) is 0 Å². The normalized spacial score (nSPS) is 11.2. The number of hydrogen-bond acceptors (Lipinski definition) is 5. The van der Waals surface area contributed by atoms with Crippen LogP contribution in [0.5, 0.6) is 5.75 Å². The van der Waals surface area contributed by atoms with Crippen LogP contribution in [-0.4, -0.2) is 21.5 Å². The van der Waals surface area contributed by atoms with Crippen LogP contribution < -0.4 is 4.74 Å². The molecule has 0 saturated carbocycles. The Bertz CT molecular complexity index is 518. The zero-order valence-corrected chi connectivity index (χ0v) is 9.37. The van der Waals surface area contributed by atoms with Crippen molar-refractivity contribution in [2.75, 3.05) is 0 Å². The van der Waals surface area contributed by atoms with E-state index >= 15 is 0 Å². The Hall–Kier alpha value is -1.90. The molecule has 1 aromatic heterocycles. The molecule has 1 aromatic rings. The minimum absolute atomic E-state index is 0.0696. The van der Waals surface area contributed by atoms with Gasteiger partial charge in [0.2, 0.25) is 5.75 Å². The summed E-state index contributed by atoms with van der Waals surface area (Å²) in [6.07, 6.45) is -4.35. The lowest BCUT2D eigenvalue weighted by Crippen LogP contribution is -2.20. The summed E-state index contributed by atoms with van der Waals surface area (Å²) in [5.41, 5.74) is -0.810. The van der Waals surface area contributed by atoms with Gasteiger partial charge in [-0.15, -0.1) is 13.2 Å². The molecule has 1 heterocycles. The van der Waals surface area contributed by atoms with E-state index in [4.69, 9.17) is 11.6 Å². The fourth-order valence-corrected chi connectivity index (χ4v) is 1.39. The van der Waals surface area contributed by atoms with Crippen LogP contribution in [0.3, 0.4) is 0 Å². The molecule has 0 saturated heterocycles. The second-order valence-corrected chi connectivity index (χ2v) is 3.39. The topological polar surface area (TPSA) is 82.3 Å². The number of halogens is 4. The maximum absolute atomic E-state index is 12.1. The third kappa shape index (κ3) is 3.06. The van der Waals surface area contributed by atoms with Gasteiger partial charge in [0.15, 0.2) is 0 Å². The van der Waals surface area contributed by atoms with Crippen LogP contribution in [0.1, 0.15) is 15.9 Å². The van der Waals surface area contributed by atoms with E-state index < -0.39 is 33.7 Å². The summed E-state index contributed by atoms with van der Waals surface area (Å²) in [7, 11) is 0. The monoisotopic (exact) mass is 284 g/mol. The van der Waals surface area contributed by atoms with Crippen molar-refractivity contribution in [3.63, 3.8) is 0 Å². The third-order valence-corrected chi connectivity index (χ3v) is 1.98. The number of alkyl halides is 3. The van der Waals surface area contributed by atoms with Crippen molar-refractivity contribution in [1.82, 2.24) is 4.98 Å². The molecule has 0 amide bonds. The second kappa shape index (κ2) is 4.77. The lowest BCUT2D eigenvalue weighted by Gasteiger charge is -2.11. The molecule has 0 bridgehead atoms. The van der Waals surface area contributed by atoms with E-state index in [-0.39, 0.29) is 5.56 Å². The first-order valence-corrected chi connectivity index (χ1v) is 4.61. The van der Waals surface area contributed by atoms with E-state index in [2.05, 4.69) is 9.72 Å². The molecule has 0 spiro atoms. The average molecular weight is 285 g/mol. The third-order valence-electron chi connectivity index (χ3n) is 1.79. The standard InChI is InChI=1S/C8H4ClF3N2O4/c1-3-2-13-7(14(16)17)5(4(3)6(9)15)18-8(10,11)12/h2H,1H3. The summed E-state index contributed by atoms with van der Waals surface area (Å²) in [5, 5.41) is 9.23. The zero-order chi connectivity index (χ0) is 14.1. The Kier molecular flexibility index (Phi) is 3.75. The molecular formula is C8H4ClF3N2O4. The molecule has 98 valence electrons. The summed E-state index contributed by atoms with van der Waals surface area (Å²) >= 11 is 5.08. The van der Waals surface area contributed by atoms with Gasteiger partial charge >= 0.3 is 12.2 Å². The van der Waals surface area contributed by atoms with E-state index in [9.17, 15) is 28.1 Å². The first-order chi connectivity index (χ1) is 8.13. The van der Waals surface area contributed by atoms with Crippen LogP contribution in [0, 0.1) is 17.0 Å². The number of carbonyl (C=O) groups excluding carboxylic acids is 1. The van der Waals surface area contributed by atoms with Gasteiger partial charge in [0, 0.05) is 5.56 Å². The van der Waals surface area contributed by atoms with Gasteiger partial charge in [0.25, 0.3) is 5.24 Å². The molecule has 0 radical (unpaired) electrons. The zero-order valence-electron chi connectivity index (χ0n) is 8.62. The summed E-state index contributed by atoms with van der Waals surface area (Å²) in [6.45, 7) is 1.22. The van der Waals surface area contributed by atoms with E-state index in [1.165, 1.54) is 6.92 Å². The number of aromatic nitrogens is 1. The average Bonchev–Trinajstić information content (AvgIpc) is 2.13. The number of ether oxygens (including phenoxy) is 1. The second-order valence-electron chi connectivity index (χ2n) is 3.05. The molecule has 0 aliphatic rings. The van der Waals surface area contributed by atoms with Crippen molar-refractivity contribution in [2.24, 2.45) is 0 Å². The van der Waals surface area contributed by atoms with Gasteiger partial charge in [-0.3, -0.25) is 4.79 Å². The first kappa shape index (κ1) is 14.2. The number of carbonyl (C=O) groups is 1. The Labute approximate surface area is 102 Å². The Morgan fingerprint density at radius 2 is 2.11 bits per heavy atom. The quantitative estimate of drug-likeness (QED) is 0.484. The van der Waals surface area contributed by atoms with Crippen LogP contribution in [-0.2, 0) is 0 Å². The molecule has 6 nitrogen and oxygen atoms in total. The van der Waals surface area contributed by atoms with Gasteiger partial charge in [-0.05, 0) is 28.4 Å². The summed E-state index contributed by atoms with van der Waals surface area (Å²) in [6, 6.07) is 0. The summed E-state index contributed by atoms with van der Waals surface area (Å²) < 4.78 is 39.9. The number of nitrogens with zero attached hydrogens (tertiary/aromatic N) is 2. The molecule has 0 aliphatic carbocycles. The van der Waals surface area contributed by atoms with Gasteiger partial charge in [0.1, 0.15) is 6.20 Å². The van der Waals surface area contributed by atoms with Gasteiger partial charge in [-0.2, -0.15) is 0 Å². The predicted molar refractivity (Wildman–Crippen MR) is 52.5 cm³/mol. The van der Waals surface area contributed by atoms with Crippen LogP contribution in [0.2, 0.25) is 0 Å². The number of hydrogen-bond donors (Lipinski definition) is 0. The summed E-state index contributed by atoms with van der Waals surface area (Å²) in [5.74, 6) is -2.55. The molecule has 0 aliphatic heterocycles. The number of aryl methyl sites for hydroxylation is 1. The Balaban J connectivity index is 3.53. The fraction of sp³-hybridized carbons (Fsp3) is 0.250. The van der Waals surface area contributed by atoms with Crippen molar-refractivity contribution in [3.8, 4) is 5.75 Å². The van der Waals surface area contributed by atoms with Crippen LogP contribution in [0.25, 0.3) is 0 Å². The molecule has 0 aromatic carbocycles. The van der Waals surface area contributed by atoms with Gasteiger partial charge in [-0.25, -0.2) is 0 Å². The van der Waals surface area contributed by atoms with Gasteiger partial charge in [-0.1, -0.05) is 0 Å². The molecule has 0 fully saturated rings. The highest BCUT2D eigenvalue weighted by atomic mass is 35.5. The maximum atomic E-state index is 12.1. The number of nitro groups is 1. The van der Waals surface area contributed by atoms with Crippen molar-refractivity contribution in [2.45, 2.75) is 13.3 Å². The van der Waals surface area contributed by atoms with E-state index in [0.717, 1.165) is 6.20 Å². The Morgan fingerprint density at radius 3 is 2.50 bits per heavy atom. The highest BCUT2D eigenvalue weighted by molar-refractivity contribution is 6.68. The molecule has 1 rings (SSSR count). The van der Waals surface area contributed by atoms with E-state index in [1.54, 1.807) is 0 Å². The number of rotatable bonds is 3. The SMILES string of the molecule is Cc1cnc([N+](=O)[O-])c(OC(F)(F)F)c1C(=O)Cl. The van der Waals surface area contributed by atoms with Crippen LogP contribution >= 0.6 is 11.6 Å². The fourth-order valence-electron chi connectivity index (χ4n) is 1.16. The smallest absolute Gasteiger partial charge is 0.396 e. The van der Waals surface area contributed by atoms with Crippen LogP contribution in [0.15, 0.2) is 6.20 Å². The molecule has 18 heavy (non-hydrogen) atoms. The predicted octanol–water partition coefficient (Wildman–Crippen LogP) is 2.58. The molecule has 0 N–H and O–H groups in total.